The first kappa shape index (κ1) is 16.6. The molecule has 1 aromatic rings. The number of carbonyl (C=O) groups is 1. The van der Waals surface area contributed by atoms with E-state index in [0.29, 0.717) is 5.92 Å². The second kappa shape index (κ2) is 7.99. The molecule has 1 saturated carbocycles. The van der Waals surface area contributed by atoms with Gasteiger partial charge in [0, 0.05) is 18.7 Å². The van der Waals surface area contributed by atoms with Crippen LogP contribution in [0.5, 0.6) is 5.75 Å². The molecular formula is C18H25NO3. The van der Waals surface area contributed by atoms with E-state index in [1.165, 1.54) is 0 Å². The van der Waals surface area contributed by atoms with Crippen LogP contribution in [0.25, 0.3) is 5.57 Å². The van der Waals surface area contributed by atoms with Gasteiger partial charge in [-0.05, 0) is 61.8 Å². The Kier molecular flexibility index (Phi) is 6.01. The summed E-state index contributed by atoms with van der Waals surface area (Å²) in [6, 6.07) is 7.91. The van der Waals surface area contributed by atoms with Crippen molar-refractivity contribution in [3.05, 3.63) is 35.9 Å². The highest BCUT2D eigenvalue weighted by atomic mass is 16.5. The van der Waals surface area contributed by atoms with Gasteiger partial charge in [-0.2, -0.15) is 0 Å². The van der Waals surface area contributed by atoms with E-state index in [2.05, 4.69) is 5.32 Å². The van der Waals surface area contributed by atoms with Crippen LogP contribution < -0.4 is 10.1 Å². The predicted molar refractivity (Wildman–Crippen MR) is 87.6 cm³/mol. The molecule has 0 radical (unpaired) electrons. The molecule has 0 aromatic heterocycles. The van der Waals surface area contributed by atoms with E-state index in [1.54, 1.807) is 13.2 Å². The Bertz CT molecular complexity index is 514. The standard InChI is InChI=1S/C18H25NO3/c1-13(15-5-9-17(22-2)10-6-15)11-18(21)19-16-7-3-14(12-20)4-8-16/h5-6,9-11,14,16,20H,3-4,7-8,12H2,1-2H3,(H,19,21)/b13-11+. The smallest absolute Gasteiger partial charge is 0.244 e. The molecule has 0 bridgehead atoms. The lowest BCUT2D eigenvalue weighted by molar-refractivity contribution is -0.117. The zero-order valence-electron chi connectivity index (χ0n) is 13.3. The Balaban J connectivity index is 1.89. The number of hydrogen-bond donors (Lipinski definition) is 2. The average molecular weight is 303 g/mol. The van der Waals surface area contributed by atoms with E-state index in [4.69, 9.17) is 9.84 Å². The number of aliphatic hydroxyl groups excluding tert-OH is 1. The molecule has 0 saturated heterocycles. The van der Waals surface area contributed by atoms with E-state index < -0.39 is 0 Å². The van der Waals surface area contributed by atoms with Gasteiger partial charge in [0.15, 0.2) is 0 Å². The van der Waals surface area contributed by atoms with Crippen LogP contribution in [0.1, 0.15) is 38.2 Å². The van der Waals surface area contributed by atoms with Crippen LogP contribution in [0.2, 0.25) is 0 Å². The Morgan fingerprint density at radius 2 is 1.91 bits per heavy atom. The SMILES string of the molecule is COc1ccc(/C(C)=C/C(=O)NC2CCC(CO)CC2)cc1. The van der Waals surface area contributed by atoms with E-state index in [9.17, 15) is 4.79 Å². The van der Waals surface area contributed by atoms with Crippen LogP contribution >= 0.6 is 0 Å². The molecule has 22 heavy (non-hydrogen) atoms. The third-order valence-electron chi connectivity index (χ3n) is 4.34. The zero-order chi connectivity index (χ0) is 15.9. The number of hydrogen-bond acceptors (Lipinski definition) is 3. The monoisotopic (exact) mass is 303 g/mol. The average Bonchev–Trinajstić information content (AvgIpc) is 2.55. The molecule has 2 N–H and O–H groups in total. The van der Waals surface area contributed by atoms with Crippen molar-refractivity contribution >= 4 is 11.5 Å². The normalized spacial score (nSPS) is 22.2. The Morgan fingerprint density at radius 1 is 1.27 bits per heavy atom. The first-order valence-corrected chi connectivity index (χ1v) is 7.86. The lowest BCUT2D eigenvalue weighted by atomic mass is 9.86. The van der Waals surface area contributed by atoms with Crippen molar-refractivity contribution in [3.63, 3.8) is 0 Å². The van der Waals surface area contributed by atoms with Crippen LogP contribution in [0, 0.1) is 5.92 Å². The maximum atomic E-state index is 12.1. The first-order chi connectivity index (χ1) is 10.6. The van der Waals surface area contributed by atoms with Gasteiger partial charge in [0.25, 0.3) is 0 Å². The minimum absolute atomic E-state index is 0.0410. The molecule has 120 valence electrons. The number of aliphatic hydroxyl groups is 1. The van der Waals surface area contributed by atoms with Gasteiger partial charge in [-0.1, -0.05) is 12.1 Å². The Hall–Kier alpha value is -1.81. The molecule has 1 aliphatic rings. The Labute approximate surface area is 132 Å². The molecular weight excluding hydrogens is 278 g/mol. The van der Waals surface area contributed by atoms with Gasteiger partial charge in [-0.3, -0.25) is 4.79 Å². The highest BCUT2D eigenvalue weighted by Crippen LogP contribution is 2.24. The van der Waals surface area contributed by atoms with Gasteiger partial charge in [-0.15, -0.1) is 0 Å². The van der Waals surface area contributed by atoms with Crippen molar-refractivity contribution in [2.24, 2.45) is 5.92 Å². The van der Waals surface area contributed by atoms with Gasteiger partial charge >= 0.3 is 0 Å². The lowest BCUT2D eigenvalue weighted by Gasteiger charge is -2.27. The molecule has 2 rings (SSSR count). The molecule has 1 aromatic carbocycles. The molecule has 0 atom stereocenters. The van der Waals surface area contributed by atoms with Gasteiger partial charge in [-0.25, -0.2) is 0 Å². The maximum absolute atomic E-state index is 12.1. The minimum Gasteiger partial charge on any atom is -0.497 e. The Morgan fingerprint density at radius 3 is 2.45 bits per heavy atom. The molecule has 4 nitrogen and oxygen atoms in total. The van der Waals surface area contributed by atoms with Crippen molar-refractivity contribution in [2.45, 2.75) is 38.6 Å². The lowest BCUT2D eigenvalue weighted by Crippen LogP contribution is -2.37. The fourth-order valence-corrected chi connectivity index (χ4v) is 2.87. The third kappa shape index (κ3) is 4.60. The zero-order valence-corrected chi connectivity index (χ0v) is 13.3. The van der Waals surface area contributed by atoms with E-state index in [-0.39, 0.29) is 18.6 Å². The van der Waals surface area contributed by atoms with Crippen LogP contribution in [0.4, 0.5) is 0 Å². The summed E-state index contributed by atoms with van der Waals surface area (Å²) < 4.78 is 5.13. The third-order valence-corrected chi connectivity index (χ3v) is 4.34. The van der Waals surface area contributed by atoms with Crippen molar-refractivity contribution < 1.29 is 14.6 Å². The molecule has 0 heterocycles. The van der Waals surface area contributed by atoms with Crippen molar-refractivity contribution in [3.8, 4) is 5.75 Å². The highest BCUT2D eigenvalue weighted by molar-refractivity contribution is 5.95. The number of benzene rings is 1. The molecule has 0 aliphatic heterocycles. The van der Waals surface area contributed by atoms with Crippen LogP contribution in [-0.4, -0.2) is 30.8 Å². The number of rotatable bonds is 5. The number of ether oxygens (including phenoxy) is 1. The summed E-state index contributed by atoms with van der Waals surface area (Å²) in [5.41, 5.74) is 1.95. The highest BCUT2D eigenvalue weighted by Gasteiger charge is 2.21. The summed E-state index contributed by atoms with van der Waals surface area (Å²) in [6.45, 7) is 2.20. The van der Waals surface area contributed by atoms with Gasteiger partial charge in [0.2, 0.25) is 5.91 Å². The molecule has 4 heteroatoms. The first-order valence-electron chi connectivity index (χ1n) is 7.86. The summed E-state index contributed by atoms with van der Waals surface area (Å²) in [4.78, 5) is 12.1. The number of carbonyl (C=O) groups excluding carboxylic acids is 1. The van der Waals surface area contributed by atoms with Gasteiger partial charge in [0.1, 0.15) is 5.75 Å². The molecule has 0 unspecified atom stereocenters. The minimum atomic E-state index is -0.0410. The summed E-state index contributed by atoms with van der Waals surface area (Å²) in [7, 11) is 1.64. The second-order valence-corrected chi connectivity index (χ2v) is 5.96. The molecule has 1 aliphatic carbocycles. The van der Waals surface area contributed by atoms with Crippen LogP contribution in [-0.2, 0) is 4.79 Å². The topological polar surface area (TPSA) is 58.6 Å². The van der Waals surface area contributed by atoms with E-state index in [1.807, 2.05) is 31.2 Å². The number of nitrogens with one attached hydrogen (secondary N) is 1. The summed E-state index contributed by atoms with van der Waals surface area (Å²) in [5.74, 6) is 1.17. The predicted octanol–water partition coefficient (Wildman–Crippen LogP) is 2.77. The molecule has 1 fully saturated rings. The van der Waals surface area contributed by atoms with Crippen molar-refractivity contribution in [1.29, 1.82) is 0 Å². The summed E-state index contributed by atoms with van der Waals surface area (Å²) in [6.07, 6.45) is 5.53. The second-order valence-electron chi connectivity index (χ2n) is 5.96. The summed E-state index contributed by atoms with van der Waals surface area (Å²) >= 11 is 0. The largest absolute Gasteiger partial charge is 0.497 e. The summed E-state index contributed by atoms with van der Waals surface area (Å²) in [5, 5.41) is 12.2. The van der Waals surface area contributed by atoms with Gasteiger partial charge < -0.3 is 15.2 Å². The number of allylic oxidation sites excluding steroid dienone is 1. The number of methoxy groups -OCH3 is 1. The van der Waals surface area contributed by atoms with E-state index >= 15 is 0 Å². The van der Waals surface area contributed by atoms with Crippen molar-refractivity contribution in [2.75, 3.05) is 13.7 Å². The van der Waals surface area contributed by atoms with Crippen molar-refractivity contribution in [1.82, 2.24) is 5.32 Å². The van der Waals surface area contributed by atoms with E-state index in [0.717, 1.165) is 42.6 Å². The van der Waals surface area contributed by atoms with Gasteiger partial charge in [0.05, 0.1) is 7.11 Å². The van der Waals surface area contributed by atoms with Crippen LogP contribution in [0.15, 0.2) is 30.3 Å². The molecule has 1 amide bonds. The quantitative estimate of drug-likeness (QED) is 0.822. The fraction of sp³-hybridized carbons (Fsp3) is 0.500. The number of amides is 1. The fourth-order valence-electron chi connectivity index (χ4n) is 2.87. The molecule has 0 spiro atoms. The maximum Gasteiger partial charge on any atom is 0.244 e. The van der Waals surface area contributed by atoms with Crippen LogP contribution in [0.3, 0.4) is 0 Å².